The second kappa shape index (κ2) is 4.39. The Balaban J connectivity index is 3.07. The first-order valence-electron chi connectivity index (χ1n) is 4.33. The molecule has 0 saturated heterocycles. The van der Waals surface area contributed by atoms with E-state index in [1.54, 1.807) is 6.92 Å². The van der Waals surface area contributed by atoms with Crippen LogP contribution in [-0.2, 0) is 0 Å². The maximum absolute atomic E-state index is 12.8. The third kappa shape index (κ3) is 2.21. The number of aliphatic hydroxyl groups excluding tert-OH is 1. The largest absolute Gasteiger partial charge is 0.496 e. The van der Waals surface area contributed by atoms with Gasteiger partial charge in [0.2, 0.25) is 0 Å². The zero-order chi connectivity index (χ0) is 10.7. The van der Waals surface area contributed by atoms with Crippen molar-refractivity contribution in [3.05, 3.63) is 29.6 Å². The van der Waals surface area contributed by atoms with Crippen LogP contribution in [0.1, 0.15) is 18.6 Å². The molecule has 1 rings (SSSR count). The Morgan fingerprint density at radius 2 is 2.14 bits per heavy atom. The number of hydrogen-bond donors (Lipinski definition) is 2. The molecule has 14 heavy (non-hydrogen) atoms. The molecule has 0 aliphatic carbocycles. The lowest BCUT2D eigenvalue weighted by Crippen LogP contribution is -2.24. The van der Waals surface area contributed by atoms with Crippen molar-refractivity contribution in [2.75, 3.05) is 7.11 Å². The molecule has 0 aromatic heterocycles. The first-order chi connectivity index (χ1) is 6.56. The lowest BCUT2D eigenvalue weighted by molar-refractivity contribution is 0.149. The fourth-order valence-corrected chi connectivity index (χ4v) is 1.21. The summed E-state index contributed by atoms with van der Waals surface area (Å²) in [6, 6.07) is 3.54. The van der Waals surface area contributed by atoms with Crippen molar-refractivity contribution in [2.45, 2.75) is 19.1 Å². The van der Waals surface area contributed by atoms with Gasteiger partial charge in [-0.2, -0.15) is 0 Å². The molecule has 2 atom stereocenters. The Morgan fingerprint density at radius 3 is 2.64 bits per heavy atom. The van der Waals surface area contributed by atoms with E-state index in [1.165, 1.54) is 25.3 Å². The first kappa shape index (κ1) is 10.9. The maximum Gasteiger partial charge on any atom is 0.127 e. The van der Waals surface area contributed by atoms with Crippen LogP contribution in [0.15, 0.2) is 18.2 Å². The molecule has 0 aliphatic rings. The summed E-state index contributed by atoms with van der Waals surface area (Å²) in [5, 5.41) is 9.67. The van der Waals surface area contributed by atoms with E-state index in [9.17, 15) is 9.50 Å². The highest BCUT2D eigenvalue weighted by Gasteiger charge is 2.17. The molecule has 1 aromatic rings. The van der Waals surface area contributed by atoms with Gasteiger partial charge < -0.3 is 15.6 Å². The van der Waals surface area contributed by atoms with Gasteiger partial charge in [0.15, 0.2) is 0 Å². The van der Waals surface area contributed by atoms with Crippen LogP contribution < -0.4 is 10.5 Å². The molecule has 0 radical (unpaired) electrons. The third-order valence-corrected chi connectivity index (χ3v) is 2.01. The minimum Gasteiger partial charge on any atom is -0.496 e. The smallest absolute Gasteiger partial charge is 0.127 e. The predicted octanol–water partition coefficient (Wildman–Crippen LogP) is 1.21. The van der Waals surface area contributed by atoms with Crippen molar-refractivity contribution in [1.29, 1.82) is 0 Å². The van der Waals surface area contributed by atoms with Gasteiger partial charge >= 0.3 is 0 Å². The average molecular weight is 199 g/mol. The molecule has 0 aliphatic heterocycles. The lowest BCUT2D eigenvalue weighted by Gasteiger charge is -2.17. The highest BCUT2D eigenvalue weighted by atomic mass is 19.1. The standard InChI is InChI=1S/C10H14FNO2/c1-6(12)10(13)8-4-3-7(11)5-9(8)14-2/h3-6,10,13H,12H2,1-2H3/t6-,10+/m0/s1. The van der Waals surface area contributed by atoms with Crippen molar-refractivity contribution >= 4 is 0 Å². The van der Waals surface area contributed by atoms with Crippen LogP contribution in [0.5, 0.6) is 5.75 Å². The second-order valence-corrected chi connectivity index (χ2v) is 3.19. The third-order valence-electron chi connectivity index (χ3n) is 2.01. The van der Waals surface area contributed by atoms with E-state index in [1.807, 2.05) is 0 Å². The molecule has 3 N–H and O–H groups in total. The van der Waals surface area contributed by atoms with Crippen molar-refractivity contribution in [1.82, 2.24) is 0 Å². The molecule has 3 nitrogen and oxygen atoms in total. The molecule has 1 aromatic carbocycles. The molecule has 0 heterocycles. The summed E-state index contributed by atoms with van der Waals surface area (Å²) >= 11 is 0. The fraction of sp³-hybridized carbons (Fsp3) is 0.400. The van der Waals surface area contributed by atoms with Crippen LogP contribution in [0, 0.1) is 5.82 Å². The van der Waals surface area contributed by atoms with Gasteiger partial charge in [0.1, 0.15) is 11.6 Å². The van der Waals surface area contributed by atoms with E-state index in [0.717, 1.165) is 0 Å². The Morgan fingerprint density at radius 1 is 1.50 bits per heavy atom. The van der Waals surface area contributed by atoms with Gasteiger partial charge in [0, 0.05) is 17.7 Å². The van der Waals surface area contributed by atoms with Crippen LogP contribution >= 0.6 is 0 Å². The molecule has 0 unspecified atom stereocenters. The molecule has 4 heteroatoms. The van der Waals surface area contributed by atoms with Gasteiger partial charge in [-0.25, -0.2) is 4.39 Å². The monoisotopic (exact) mass is 199 g/mol. The molecular formula is C10H14FNO2. The SMILES string of the molecule is COc1cc(F)ccc1[C@H](O)[C@H](C)N. The van der Waals surface area contributed by atoms with Gasteiger partial charge in [-0.15, -0.1) is 0 Å². The summed E-state index contributed by atoms with van der Waals surface area (Å²) in [5.41, 5.74) is 6.03. The van der Waals surface area contributed by atoms with Gasteiger partial charge in [0.25, 0.3) is 0 Å². The van der Waals surface area contributed by atoms with Crippen LogP contribution in [0.2, 0.25) is 0 Å². The van der Waals surface area contributed by atoms with Crippen LogP contribution in [0.3, 0.4) is 0 Å². The van der Waals surface area contributed by atoms with Gasteiger partial charge in [-0.05, 0) is 19.1 Å². The second-order valence-electron chi connectivity index (χ2n) is 3.19. The lowest BCUT2D eigenvalue weighted by atomic mass is 10.0. The topological polar surface area (TPSA) is 55.5 Å². The summed E-state index contributed by atoms with van der Waals surface area (Å²) in [7, 11) is 1.42. The zero-order valence-corrected chi connectivity index (χ0v) is 8.20. The van der Waals surface area contributed by atoms with E-state index in [0.29, 0.717) is 11.3 Å². The van der Waals surface area contributed by atoms with E-state index in [4.69, 9.17) is 10.5 Å². The maximum atomic E-state index is 12.8. The van der Waals surface area contributed by atoms with E-state index >= 15 is 0 Å². The van der Waals surface area contributed by atoms with E-state index in [-0.39, 0.29) is 0 Å². The molecule has 0 amide bonds. The predicted molar refractivity (Wildman–Crippen MR) is 51.6 cm³/mol. The van der Waals surface area contributed by atoms with Gasteiger partial charge in [-0.3, -0.25) is 0 Å². The number of halogens is 1. The van der Waals surface area contributed by atoms with Crippen LogP contribution in [0.25, 0.3) is 0 Å². The minimum absolute atomic E-state index is 0.315. The summed E-state index contributed by atoms with van der Waals surface area (Å²) in [6.07, 6.45) is -0.842. The Labute approximate surface area is 82.3 Å². The van der Waals surface area contributed by atoms with Gasteiger partial charge in [-0.1, -0.05) is 0 Å². The van der Waals surface area contributed by atoms with E-state index in [2.05, 4.69) is 0 Å². The number of methoxy groups -OCH3 is 1. The highest BCUT2D eigenvalue weighted by molar-refractivity contribution is 5.36. The average Bonchev–Trinajstić information content (AvgIpc) is 2.16. The number of rotatable bonds is 3. The van der Waals surface area contributed by atoms with Crippen LogP contribution in [0.4, 0.5) is 4.39 Å². The molecule has 0 fully saturated rings. The Kier molecular flexibility index (Phi) is 3.43. The summed E-state index contributed by atoms with van der Waals surface area (Å²) in [4.78, 5) is 0. The van der Waals surface area contributed by atoms with Crippen molar-refractivity contribution < 1.29 is 14.2 Å². The van der Waals surface area contributed by atoms with Crippen molar-refractivity contribution in [2.24, 2.45) is 5.73 Å². The van der Waals surface area contributed by atoms with Crippen LogP contribution in [-0.4, -0.2) is 18.3 Å². The van der Waals surface area contributed by atoms with E-state index < -0.39 is 18.0 Å². The summed E-state index contributed by atoms with van der Waals surface area (Å²) in [5.74, 6) is -0.0859. The Bertz CT molecular complexity index is 315. The highest BCUT2D eigenvalue weighted by Crippen LogP contribution is 2.27. The minimum atomic E-state index is -0.842. The zero-order valence-electron chi connectivity index (χ0n) is 8.20. The number of benzene rings is 1. The fourth-order valence-electron chi connectivity index (χ4n) is 1.21. The normalized spacial score (nSPS) is 14.9. The summed E-state index contributed by atoms with van der Waals surface area (Å²) < 4.78 is 17.7. The summed E-state index contributed by atoms with van der Waals surface area (Å²) in [6.45, 7) is 1.67. The number of hydrogen-bond acceptors (Lipinski definition) is 3. The first-order valence-corrected chi connectivity index (χ1v) is 4.33. The Hall–Kier alpha value is -1.13. The number of nitrogens with two attached hydrogens (primary N) is 1. The molecule has 0 bridgehead atoms. The number of ether oxygens (including phenoxy) is 1. The quantitative estimate of drug-likeness (QED) is 0.769. The molecule has 0 saturated carbocycles. The van der Waals surface area contributed by atoms with Crippen molar-refractivity contribution in [3.8, 4) is 5.75 Å². The molecule has 0 spiro atoms. The molecule has 78 valence electrons. The van der Waals surface area contributed by atoms with Gasteiger partial charge in [0.05, 0.1) is 13.2 Å². The van der Waals surface area contributed by atoms with Crippen molar-refractivity contribution in [3.63, 3.8) is 0 Å². The number of aliphatic hydroxyl groups is 1. The molecular weight excluding hydrogens is 185 g/mol.